The lowest BCUT2D eigenvalue weighted by Crippen LogP contribution is -1.96. The molecule has 0 saturated carbocycles. The van der Waals surface area contributed by atoms with Gasteiger partial charge in [0.1, 0.15) is 33.9 Å². The summed E-state index contributed by atoms with van der Waals surface area (Å²) in [7, 11) is 0. The summed E-state index contributed by atoms with van der Waals surface area (Å²) in [6, 6.07) is 157. The van der Waals surface area contributed by atoms with Gasteiger partial charge in [0, 0.05) is 120 Å². The summed E-state index contributed by atoms with van der Waals surface area (Å²) in [6.45, 7) is 0. The fourth-order valence-electron chi connectivity index (χ4n) is 18.3. The van der Waals surface area contributed by atoms with Crippen LogP contribution in [0, 0.1) is 0 Å². The molecule has 0 aliphatic heterocycles. The molecule has 136 heavy (non-hydrogen) atoms. The van der Waals surface area contributed by atoms with E-state index < -0.39 is 0 Å². The zero-order valence-corrected chi connectivity index (χ0v) is 74.0. The van der Waals surface area contributed by atoms with Gasteiger partial charge in [0.05, 0.1) is 39.9 Å². The molecule has 0 radical (unpaired) electrons. The third kappa shape index (κ3) is 15.9. The van der Waals surface area contributed by atoms with Crippen LogP contribution in [-0.2, 0) is 0 Å². The van der Waals surface area contributed by atoms with Crippen LogP contribution in [-0.4, -0.2) is 34.9 Å². The first-order valence-electron chi connectivity index (χ1n) is 45.5. The van der Waals surface area contributed by atoms with Crippen molar-refractivity contribution in [2.24, 2.45) is 0 Å². The van der Waals surface area contributed by atoms with Crippen LogP contribution >= 0.6 is 11.3 Å². The van der Waals surface area contributed by atoms with Gasteiger partial charge in [-0.2, -0.15) is 0 Å². The Morgan fingerprint density at radius 2 is 0.500 bits per heavy atom. The molecule has 0 atom stereocenters. The van der Waals surface area contributed by atoms with Crippen molar-refractivity contribution in [1.29, 1.82) is 0 Å². The number of benzene rings is 17. The number of nitrogens with zero attached hydrogens (tertiary/aromatic N) is 7. The van der Waals surface area contributed by atoms with Crippen molar-refractivity contribution in [1.82, 2.24) is 34.9 Å². The highest BCUT2D eigenvalue weighted by Crippen LogP contribution is 2.43. The fourth-order valence-corrected chi connectivity index (χ4v) is 19.5. The van der Waals surface area contributed by atoms with E-state index in [0.717, 1.165) is 229 Å². The summed E-state index contributed by atoms with van der Waals surface area (Å²) >= 11 is 1.79. The molecule has 0 aliphatic rings. The average molecular weight is 1760 g/mol. The monoisotopic (exact) mass is 1760 g/mol. The lowest BCUT2D eigenvalue weighted by atomic mass is 9.97. The summed E-state index contributed by atoms with van der Waals surface area (Å²) < 4.78 is 21.8. The van der Waals surface area contributed by atoms with E-state index in [0.29, 0.717) is 17.5 Å². The Labute approximate surface area is 787 Å². The predicted molar refractivity (Wildman–Crippen MR) is 559 cm³/mol. The average Bonchev–Trinajstić information content (AvgIpc) is 1.69. The van der Waals surface area contributed by atoms with E-state index in [1.54, 1.807) is 11.3 Å². The van der Waals surface area contributed by atoms with Gasteiger partial charge in [0.15, 0.2) is 17.5 Å². The number of hydrogen-bond donors (Lipinski definition) is 0. The molecule has 25 rings (SSSR count). The minimum absolute atomic E-state index is 0.588. The largest absolute Gasteiger partial charge is 0.456 e. The molecule has 0 amide bonds. The molecule has 17 aromatic carbocycles. The van der Waals surface area contributed by atoms with Crippen LogP contribution in [0.25, 0.3) is 267 Å². The van der Waals surface area contributed by atoms with Gasteiger partial charge in [-0.15, -0.1) is 11.3 Å². The summed E-state index contributed by atoms with van der Waals surface area (Å²) in [5, 5.41) is 6.66. The lowest BCUT2D eigenvalue weighted by Gasteiger charge is -2.11. The summed E-state index contributed by atoms with van der Waals surface area (Å²) in [5.41, 5.74) is 33.7. The van der Waals surface area contributed by atoms with Crippen molar-refractivity contribution in [2.45, 2.75) is 0 Å². The van der Waals surface area contributed by atoms with Crippen LogP contribution in [0.2, 0.25) is 0 Å². The Hall–Kier alpha value is -18.0. The van der Waals surface area contributed by atoms with Crippen LogP contribution in [0.1, 0.15) is 11.1 Å². The standard InChI is InChI=1S/C125H77N7O3S/c1-3-14-78(15-4-1)26-27-79-28-30-87(31-29-79)109-74-112(89-46-36-83(37-47-89)82-32-42-86(43-33-82)108-67-63-103(77-126-108)85-40-58-95(59-41-85)123-127-110(88-44-34-81(35-45-88)80-16-5-2-6-17-80)75-111(128-123)91-50-54-93(55-51-91)117-70-99-18-7-10-23-115(99)133-117)130-124(129-109)101-61-65-105-104-64-60-98(69-119(104)135-120(105)72-101)97-21-13-20-96(68-97)84-38-48-90(49-39-84)113-76-114(92-52-56-94(57-53-92)118-71-100-19-8-11-24-116(100)134-118)132-125(131-113)102-62-66-107-106-22-9-12-25-121(106)136-122(107)73-102/h1-77H. The molecule has 11 heteroatoms. The second-order valence-corrected chi connectivity index (χ2v) is 35.4. The molecule has 0 saturated heterocycles. The van der Waals surface area contributed by atoms with Gasteiger partial charge < -0.3 is 13.3 Å². The minimum Gasteiger partial charge on any atom is -0.456 e. The third-order valence-electron chi connectivity index (χ3n) is 25.7. The number of pyridine rings is 1. The summed E-state index contributed by atoms with van der Waals surface area (Å²) in [6.07, 6.45) is 6.22. The predicted octanol–water partition coefficient (Wildman–Crippen LogP) is 33.7. The maximum absolute atomic E-state index is 6.87. The number of thiophene rings is 1. The van der Waals surface area contributed by atoms with Gasteiger partial charge in [0.25, 0.3) is 0 Å². The number of aromatic nitrogens is 7. The van der Waals surface area contributed by atoms with Crippen molar-refractivity contribution in [3.8, 4) is 191 Å². The highest BCUT2D eigenvalue weighted by Gasteiger charge is 2.22. The molecule has 0 N–H and O–H groups in total. The highest BCUT2D eigenvalue weighted by atomic mass is 32.1. The second kappa shape index (κ2) is 34.4. The first kappa shape index (κ1) is 80.1. The Morgan fingerprint density at radius 3 is 0.985 bits per heavy atom. The Morgan fingerprint density at radius 1 is 0.176 bits per heavy atom. The second-order valence-electron chi connectivity index (χ2n) is 34.3. The zero-order chi connectivity index (χ0) is 89.9. The number of furan rings is 3. The van der Waals surface area contributed by atoms with E-state index in [9.17, 15) is 0 Å². The van der Waals surface area contributed by atoms with E-state index in [2.05, 4.69) is 413 Å². The Balaban J connectivity index is 0.468. The zero-order valence-electron chi connectivity index (χ0n) is 73.2. The number of rotatable bonds is 19. The van der Waals surface area contributed by atoms with E-state index >= 15 is 0 Å². The van der Waals surface area contributed by atoms with Crippen molar-refractivity contribution < 1.29 is 13.3 Å². The van der Waals surface area contributed by atoms with Gasteiger partial charge in [-0.3, -0.25) is 4.98 Å². The highest BCUT2D eigenvalue weighted by molar-refractivity contribution is 7.25. The summed E-state index contributed by atoms with van der Waals surface area (Å²) in [4.78, 5) is 36.7. The van der Waals surface area contributed by atoms with Crippen molar-refractivity contribution in [3.05, 3.63) is 466 Å². The molecule has 0 bridgehead atoms. The van der Waals surface area contributed by atoms with E-state index in [4.69, 9.17) is 48.1 Å². The van der Waals surface area contributed by atoms with Gasteiger partial charge in [-0.1, -0.05) is 370 Å². The molecule has 10 nitrogen and oxygen atoms in total. The molecule has 25 aromatic rings. The Bertz CT molecular complexity index is 8810. The molecule has 0 unspecified atom stereocenters. The molecule has 8 heterocycles. The molecular formula is C125H77N7O3S. The van der Waals surface area contributed by atoms with Crippen molar-refractivity contribution in [3.63, 3.8) is 0 Å². The van der Waals surface area contributed by atoms with Gasteiger partial charge in [-0.05, 0) is 152 Å². The first-order valence-corrected chi connectivity index (χ1v) is 46.3. The molecule has 8 aromatic heterocycles. The van der Waals surface area contributed by atoms with Crippen LogP contribution in [0.3, 0.4) is 0 Å². The lowest BCUT2D eigenvalue weighted by molar-refractivity contribution is 0.631. The molecule has 0 spiro atoms. The van der Waals surface area contributed by atoms with Crippen molar-refractivity contribution >= 4 is 87.5 Å². The maximum Gasteiger partial charge on any atom is 0.160 e. The van der Waals surface area contributed by atoms with E-state index in [1.807, 2.05) is 54.7 Å². The van der Waals surface area contributed by atoms with Crippen LogP contribution in [0.5, 0.6) is 0 Å². The fraction of sp³-hybridized carbons (Fsp3) is 0. The normalized spacial score (nSPS) is 11.6. The van der Waals surface area contributed by atoms with Gasteiger partial charge in [0.2, 0.25) is 0 Å². The number of para-hydroxylation sites is 2. The van der Waals surface area contributed by atoms with Gasteiger partial charge >= 0.3 is 0 Å². The number of fused-ring (bicyclic) bond motifs is 8. The van der Waals surface area contributed by atoms with Crippen molar-refractivity contribution in [2.75, 3.05) is 0 Å². The third-order valence-corrected chi connectivity index (χ3v) is 26.9. The van der Waals surface area contributed by atoms with E-state index in [1.165, 1.54) is 20.2 Å². The SMILES string of the molecule is C(=Cc1ccc(-c2cc(-c3ccc(-c4ccc(-c5ccc(-c6ccc(-c7nc(-c8ccc(-c9ccccc9)cc8)cc(-c8ccc(-c9cc%10ccccc%10o9)cc8)n7)cc6)cn5)cc4)cc3)nc(-c3ccc4c(c3)oc3cc(-c5cccc(-c6ccc(-c7cc(-c8ccc(-c9cc%10ccccc%10o9)cc8)nc(-c8ccc9c(c8)sc8ccccc89)n7)cc6)c5)ccc34)n2)cc1)c1ccccc1. The first-order chi connectivity index (χ1) is 67.2. The maximum atomic E-state index is 6.87. The molecule has 0 fully saturated rings. The topological polar surface area (TPSA) is 130 Å². The molecule has 636 valence electrons. The van der Waals surface area contributed by atoms with Crippen LogP contribution in [0.4, 0.5) is 0 Å². The molecular weight excluding hydrogens is 1680 g/mol. The van der Waals surface area contributed by atoms with Crippen LogP contribution in [0.15, 0.2) is 468 Å². The number of hydrogen-bond acceptors (Lipinski definition) is 11. The quantitative estimate of drug-likeness (QED) is 0.0722. The Kier molecular flexibility index (Phi) is 20.2. The van der Waals surface area contributed by atoms with Gasteiger partial charge in [-0.25, -0.2) is 29.9 Å². The smallest absolute Gasteiger partial charge is 0.160 e. The summed E-state index contributed by atoms with van der Waals surface area (Å²) in [5.74, 6) is 3.53. The van der Waals surface area contributed by atoms with E-state index in [-0.39, 0.29) is 0 Å². The minimum atomic E-state index is 0.588. The molecule has 0 aliphatic carbocycles. The van der Waals surface area contributed by atoms with Crippen LogP contribution < -0.4 is 0 Å².